The third kappa shape index (κ3) is 4.19. The number of nitrogens with one attached hydrogen (secondary N) is 1. The van der Waals surface area contributed by atoms with E-state index in [2.05, 4.69) is 89.0 Å². The maximum absolute atomic E-state index is 13.8. The molecule has 7 heterocycles. The van der Waals surface area contributed by atoms with Crippen LogP contribution in [0.2, 0.25) is 0 Å². The summed E-state index contributed by atoms with van der Waals surface area (Å²) in [6, 6.07) is 13.0. The number of carbonyl (C=O) groups is 1. The van der Waals surface area contributed by atoms with Gasteiger partial charge >= 0.3 is 5.91 Å². The van der Waals surface area contributed by atoms with Gasteiger partial charge < -0.3 is 24.8 Å². The first-order valence-corrected chi connectivity index (χ1v) is 19.5. The molecule has 3 fully saturated rings. The number of carbonyl (C=O) groups excluding carboxylic acids is 1. The van der Waals surface area contributed by atoms with Crippen molar-refractivity contribution < 1.29 is 29.6 Å². The van der Waals surface area contributed by atoms with Crippen LogP contribution in [-0.4, -0.2) is 112 Å². The summed E-state index contributed by atoms with van der Waals surface area (Å²) in [6.07, 6.45) is 6.69. The van der Waals surface area contributed by atoms with Crippen molar-refractivity contribution in [2.24, 2.45) is 11.3 Å². The molecule has 10 heteroatoms. The van der Waals surface area contributed by atoms with E-state index in [9.17, 15) is 20.2 Å². The Morgan fingerprint density at radius 1 is 1.12 bits per heavy atom. The molecule has 278 valence electrons. The first-order chi connectivity index (χ1) is 24.8. The molecule has 6 aliphatic rings. The molecule has 1 aromatic heterocycles. The molecular formula is C42H56N5O5+. The fraction of sp³-hybridized carbons (Fsp3) is 0.595. The second-order valence-electron chi connectivity index (χ2n) is 17.4. The van der Waals surface area contributed by atoms with Gasteiger partial charge in [0.2, 0.25) is 12.4 Å². The van der Waals surface area contributed by atoms with Gasteiger partial charge in [0.15, 0.2) is 0 Å². The van der Waals surface area contributed by atoms with Crippen LogP contribution in [0.4, 0.5) is 5.69 Å². The molecule has 3 aromatic rings. The molecular weight excluding hydrogens is 654 g/mol. The van der Waals surface area contributed by atoms with Crippen molar-refractivity contribution in [1.29, 1.82) is 0 Å². The summed E-state index contributed by atoms with van der Waals surface area (Å²) in [5, 5.41) is 38.1. The predicted octanol–water partition coefficient (Wildman–Crippen LogP) is 5.03. The third-order valence-corrected chi connectivity index (χ3v) is 15.0. The average molecular weight is 711 g/mol. The number of H-pyrrole nitrogens is 1. The molecule has 3 saturated heterocycles. The second-order valence-corrected chi connectivity index (χ2v) is 17.4. The highest BCUT2D eigenvalue weighted by Gasteiger charge is 2.80. The van der Waals surface area contributed by atoms with E-state index < -0.39 is 44.8 Å². The van der Waals surface area contributed by atoms with Gasteiger partial charge in [0.05, 0.1) is 30.5 Å². The lowest BCUT2D eigenvalue weighted by molar-refractivity contribution is -1.10. The zero-order chi connectivity index (χ0) is 36.6. The first kappa shape index (κ1) is 34.5. The van der Waals surface area contributed by atoms with E-state index in [0.717, 1.165) is 86.4 Å². The van der Waals surface area contributed by atoms with Gasteiger partial charge in [0, 0.05) is 85.1 Å². The molecule has 3 unspecified atom stereocenters. The Bertz CT molecular complexity index is 2000. The Morgan fingerprint density at radius 2 is 1.90 bits per heavy atom. The molecule has 52 heavy (non-hydrogen) atoms. The molecule has 1 amide bonds. The molecule has 0 aliphatic carbocycles. The number of rotatable bonds is 4. The van der Waals surface area contributed by atoms with E-state index in [-0.39, 0.29) is 12.0 Å². The quantitative estimate of drug-likeness (QED) is 0.170. The van der Waals surface area contributed by atoms with E-state index in [0.29, 0.717) is 13.0 Å². The molecule has 0 radical (unpaired) electrons. The number of aliphatic hydroxyl groups is 2. The Hall–Kier alpha value is -3.25. The van der Waals surface area contributed by atoms with Gasteiger partial charge in [-0.05, 0) is 74.6 Å². The smallest absolute Gasteiger partial charge is 0.346 e. The van der Waals surface area contributed by atoms with Crippen LogP contribution in [0.1, 0.15) is 82.2 Å². The molecule has 10 nitrogen and oxygen atoms in total. The van der Waals surface area contributed by atoms with Crippen molar-refractivity contribution in [3.63, 3.8) is 0 Å². The minimum absolute atomic E-state index is 0.110. The van der Waals surface area contributed by atoms with Gasteiger partial charge in [0.1, 0.15) is 5.75 Å². The highest BCUT2D eigenvalue weighted by molar-refractivity contribution is 5.86. The highest BCUT2D eigenvalue weighted by atomic mass is 16.6. The number of aliphatic hydroxyl groups excluding tert-OH is 1. The number of fused-ring (bicyclic) bond motifs is 6. The lowest BCUT2D eigenvalue weighted by Gasteiger charge is -2.61. The Balaban J connectivity index is 1.31. The topological polar surface area (TPSA) is 112 Å². The second kappa shape index (κ2) is 11.4. The van der Waals surface area contributed by atoms with Crippen LogP contribution >= 0.6 is 0 Å². The number of amides is 1. The molecule has 2 aromatic carbocycles. The number of quaternary nitrogens is 1. The van der Waals surface area contributed by atoms with Crippen molar-refractivity contribution in [1.82, 2.24) is 14.8 Å². The first-order valence-electron chi connectivity index (χ1n) is 19.5. The summed E-state index contributed by atoms with van der Waals surface area (Å²) in [5.41, 5.74) is 4.06. The minimum Gasteiger partial charge on any atom is -0.496 e. The van der Waals surface area contributed by atoms with Gasteiger partial charge in [-0.25, -0.2) is 10.0 Å². The number of methoxy groups -OCH3 is 1. The van der Waals surface area contributed by atoms with E-state index in [1.54, 1.807) is 7.11 Å². The fourth-order valence-corrected chi connectivity index (χ4v) is 12.8. The maximum atomic E-state index is 13.8. The van der Waals surface area contributed by atoms with E-state index in [1.165, 1.54) is 23.6 Å². The van der Waals surface area contributed by atoms with E-state index in [1.807, 2.05) is 7.05 Å². The average Bonchev–Trinajstić information content (AvgIpc) is 3.79. The molecule has 6 aliphatic heterocycles. The van der Waals surface area contributed by atoms with Gasteiger partial charge in [-0.3, -0.25) is 9.80 Å². The van der Waals surface area contributed by atoms with Crippen molar-refractivity contribution in [2.45, 2.75) is 101 Å². The fourth-order valence-electron chi connectivity index (χ4n) is 12.8. The van der Waals surface area contributed by atoms with Crippen LogP contribution in [0.15, 0.2) is 48.6 Å². The number of hydrogen-bond donors (Lipinski definition) is 4. The number of nitrogens with zero attached hydrogens (tertiary/aromatic N) is 4. The molecule has 9 rings (SSSR count). The van der Waals surface area contributed by atoms with Gasteiger partial charge in [-0.1, -0.05) is 48.8 Å². The van der Waals surface area contributed by atoms with Gasteiger partial charge in [-0.2, -0.15) is 0 Å². The molecule has 10 atom stereocenters. The number of piperidine rings is 2. The number of likely N-dealkylation sites (tertiary alicyclic amines) is 1. The Morgan fingerprint density at radius 3 is 2.63 bits per heavy atom. The van der Waals surface area contributed by atoms with Crippen molar-refractivity contribution in [2.75, 3.05) is 51.8 Å². The van der Waals surface area contributed by atoms with Gasteiger partial charge in [-0.15, -0.1) is 0 Å². The van der Waals surface area contributed by atoms with Crippen LogP contribution in [0.25, 0.3) is 10.9 Å². The van der Waals surface area contributed by atoms with Crippen molar-refractivity contribution in [3.8, 4) is 5.75 Å². The summed E-state index contributed by atoms with van der Waals surface area (Å²) in [4.78, 5) is 24.8. The standard InChI is InChI=1S/C42H56N5O5/c1-7-40(50)23-27-22-39(4,35-29(14-18-45(24-27)25-40)28-12-9-10-13-32(28)43-35)31-20-30-33(21-34(31)52-6)44(5)37-42(30)16-19-46-17-11-15-41(8-2,36(42)46)38(49)47(37,51)26(3)48/h9-13,15,20-21,27,36-38,43,49-51H,7-8,14,16-19,22-25H2,1-6H3/q+1/t27?,36-,37?,38-,39-,40+,41-,42-,47+/m1/s1. The summed E-state index contributed by atoms with van der Waals surface area (Å²) in [7, 11) is 3.71. The summed E-state index contributed by atoms with van der Waals surface area (Å²) in [6.45, 7) is 12.1. The molecule has 0 saturated carbocycles. The number of likely N-dealkylation sites (N-methyl/N-ethyl adjacent to an activating group) is 1. The number of hydroxylamine groups is 3. The molecule has 1 spiro atoms. The lowest BCUT2D eigenvalue weighted by Crippen LogP contribution is -2.83. The maximum Gasteiger partial charge on any atom is 0.346 e. The minimum atomic E-state index is -1.32. The summed E-state index contributed by atoms with van der Waals surface area (Å²) in [5.74, 6) is 0.559. The number of benzene rings is 2. The van der Waals surface area contributed by atoms with Crippen LogP contribution in [0, 0.1) is 11.3 Å². The Labute approximate surface area is 307 Å². The number of hydrogen-bond acceptors (Lipinski definition) is 8. The summed E-state index contributed by atoms with van der Waals surface area (Å²) < 4.78 is 5.34. The van der Waals surface area contributed by atoms with E-state index in [4.69, 9.17) is 4.74 Å². The highest BCUT2D eigenvalue weighted by Crippen LogP contribution is 2.67. The van der Waals surface area contributed by atoms with Gasteiger partial charge in [0.25, 0.3) is 0 Å². The lowest BCUT2D eigenvalue weighted by atomic mass is 9.56. The van der Waals surface area contributed by atoms with E-state index >= 15 is 0 Å². The monoisotopic (exact) mass is 710 g/mol. The van der Waals surface area contributed by atoms with Crippen molar-refractivity contribution in [3.05, 3.63) is 70.9 Å². The normalized spacial score (nSPS) is 40.7. The molecule has 2 bridgehead atoms. The van der Waals surface area contributed by atoms with Crippen LogP contribution in [-0.2, 0) is 22.0 Å². The summed E-state index contributed by atoms with van der Waals surface area (Å²) >= 11 is 0. The van der Waals surface area contributed by atoms with Crippen molar-refractivity contribution >= 4 is 22.5 Å². The predicted molar refractivity (Wildman–Crippen MR) is 200 cm³/mol. The number of aromatic amines is 1. The van der Waals surface area contributed by atoms with Crippen LogP contribution < -0.4 is 9.64 Å². The number of ether oxygens (including phenoxy) is 1. The number of para-hydroxylation sites is 1. The van der Waals surface area contributed by atoms with Crippen LogP contribution in [0.5, 0.6) is 5.75 Å². The molecule has 4 N–H and O–H groups in total. The number of aromatic nitrogens is 1. The van der Waals surface area contributed by atoms with Crippen LogP contribution in [0.3, 0.4) is 0 Å². The Kier molecular flexibility index (Phi) is 7.56. The third-order valence-electron chi connectivity index (χ3n) is 15.0. The largest absolute Gasteiger partial charge is 0.496 e. The zero-order valence-electron chi connectivity index (χ0n) is 31.7. The zero-order valence-corrected chi connectivity index (χ0v) is 31.7. The number of anilines is 1. The SMILES string of the molecule is CC[C@]1(O)CC2CN(CCc3c([nH]c4ccccc34)[C@@](C)(c3cc4c(cc3OC)N(C)C3[C@]45CCN4CC=C[C@](CC)([C@@H]45)[C@@H](O)[N@+]3(O)C(C)=O)C2)C1.